The van der Waals surface area contributed by atoms with Gasteiger partial charge in [0.2, 0.25) is 0 Å². The molecule has 0 aliphatic carbocycles. The fourth-order valence-corrected chi connectivity index (χ4v) is 5.09. The van der Waals surface area contributed by atoms with Gasteiger partial charge in [-0.05, 0) is 106 Å². The highest BCUT2D eigenvalue weighted by Crippen LogP contribution is 2.22. The molecule has 0 aromatic carbocycles. The smallest absolute Gasteiger partial charge is 0.0198 e. The van der Waals surface area contributed by atoms with E-state index in [-0.39, 0.29) is 0 Å². The van der Waals surface area contributed by atoms with E-state index in [1.165, 1.54) is 71.4 Å². The molecule has 148 valence electrons. The van der Waals surface area contributed by atoms with Crippen molar-refractivity contribution in [3.8, 4) is 0 Å². The summed E-state index contributed by atoms with van der Waals surface area (Å²) in [6, 6.07) is 2.24. The summed E-state index contributed by atoms with van der Waals surface area (Å²) < 4.78 is 2.32. The molecule has 2 rings (SSSR count). The number of nitrogens with zero attached hydrogens (tertiary/aromatic N) is 4. The summed E-state index contributed by atoms with van der Waals surface area (Å²) in [4.78, 5) is 8.01. The first kappa shape index (κ1) is 21.9. The van der Waals surface area contributed by atoms with Crippen molar-refractivity contribution in [3.05, 3.63) is 0 Å². The van der Waals surface area contributed by atoms with Gasteiger partial charge < -0.3 is 14.7 Å². The van der Waals surface area contributed by atoms with Crippen molar-refractivity contribution in [1.82, 2.24) is 17.8 Å². The Hall–Kier alpha value is 0.570. The van der Waals surface area contributed by atoms with Crippen LogP contribution in [0.1, 0.15) is 52.9 Å². The zero-order chi connectivity index (χ0) is 18.4. The van der Waals surface area contributed by atoms with Crippen LogP contribution in [0.4, 0.5) is 0 Å². The van der Waals surface area contributed by atoms with Crippen LogP contribution >= 0.6 is 22.9 Å². The van der Waals surface area contributed by atoms with Crippen LogP contribution in [0.25, 0.3) is 0 Å². The van der Waals surface area contributed by atoms with Gasteiger partial charge in [-0.2, -0.15) is 0 Å². The second-order valence-electron chi connectivity index (χ2n) is 8.75. The molecule has 4 nitrogen and oxygen atoms in total. The van der Waals surface area contributed by atoms with Crippen molar-refractivity contribution >= 4 is 22.9 Å². The average molecular weight is 464 g/mol. The van der Waals surface area contributed by atoms with Gasteiger partial charge in [0, 0.05) is 47.5 Å². The highest BCUT2D eigenvalue weighted by Gasteiger charge is 2.26. The van der Waals surface area contributed by atoms with Gasteiger partial charge in [0.15, 0.2) is 0 Å². The second-order valence-corrected chi connectivity index (χ2v) is 10.4. The summed E-state index contributed by atoms with van der Waals surface area (Å²) in [7, 11) is 4.54. The summed E-state index contributed by atoms with van der Waals surface area (Å²) in [6.07, 6.45) is 6.76. The quantitative estimate of drug-likeness (QED) is 0.402. The monoisotopic (exact) mass is 464 g/mol. The molecular weight excluding hydrogens is 423 g/mol. The van der Waals surface area contributed by atoms with Gasteiger partial charge in [-0.1, -0.05) is 0 Å². The van der Waals surface area contributed by atoms with E-state index in [0.29, 0.717) is 6.04 Å². The normalized spacial score (nSPS) is 23.9. The molecule has 1 atom stereocenters. The van der Waals surface area contributed by atoms with E-state index < -0.39 is 0 Å². The lowest BCUT2D eigenvalue weighted by atomic mass is 9.95. The molecule has 0 amide bonds. The molecule has 2 saturated heterocycles. The molecule has 25 heavy (non-hydrogen) atoms. The minimum absolute atomic E-state index is 0.709. The average Bonchev–Trinajstić information content (AvgIpc) is 2.59. The van der Waals surface area contributed by atoms with E-state index in [2.05, 4.69) is 75.5 Å². The predicted octanol–water partition coefficient (Wildman–Crippen LogP) is 3.56. The molecule has 2 aliphatic rings. The van der Waals surface area contributed by atoms with Gasteiger partial charge in [0.05, 0.1) is 0 Å². The molecule has 0 aromatic rings. The van der Waals surface area contributed by atoms with Gasteiger partial charge in [-0.3, -0.25) is 3.11 Å². The molecular formula is C20H41IN4. The Labute approximate surface area is 170 Å². The summed E-state index contributed by atoms with van der Waals surface area (Å²) >= 11 is 2.42. The van der Waals surface area contributed by atoms with Gasteiger partial charge in [-0.25, -0.2) is 0 Å². The lowest BCUT2D eigenvalue weighted by molar-refractivity contribution is 0.0905. The standard InChI is InChI=1S/C20H41IN4/c1-17(2)24-14-9-20(10-15-24)22(4)11-6-18(3)25-12-7-19(8-13-25)16-23(5)21/h17-20H,6-16H2,1-5H3. The van der Waals surface area contributed by atoms with Gasteiger partial charge in [0.1, 0.15) is 0 Å². The summed E-state index contributed by atoms with van der Waals surface area (Å²) in [5.74, 6) is 0.902. The lowest BCUT2D eigenvalue weighted by Crippen LogP contribution is -2.47. The maximum absolute atomic E-state index is 2.74. The van der Waals surface area contributed by atoms with Gasteiger partial charge >= 0.3 is 0 Å². The lowest BCUT2D eigenvalue weighted by Gasteiger charge is -2.40. The number of hydrogen-bond donors (Lipinski definition) is 0. The maximum atomic E-state index is 2.74. The Morgan fingerprint density at radius 2 is 1.48 bits per heavy atom. The zero-order valence-corrected chi connectivity index (χ0v) is 19.4. The van der Waals surface area contributed by atoms with Gasteiger partial charge in [-0.15, -0.1) is 0 Å². The Morgan fingerprint density at radius 3 is 2.00 bits per heavy atom. The Kier molecular flexibility index (Phi) is 9.44. The molecule has 0 aromatic heterocycles. The van der Waals surface area contributed by atoms with E-state index in [0.717, 1.165) is 18.0 Å². The number of piperidine rings is 2. The Balaban J connectivity index is 1.64. The first-order chi connectivity index (χ1) is 11.9. The van der Waals surface area contributed by atoms with Crippen molar-refractivity contribution in [3.63, 3.8) is 0 Å². The van der Waals surface area contributed by atoms with Crippen LogP contribution in [-0.2, 0) is 0 Å². The molecule has 2 heterocycles. The zero-order valence-electron chi connectivity index (χ0n) is 17.3. The molecule has 0 spiro atoms. The minimum Gasteiger partial charge on any atom is -0.303 e. The second kappa shape index (κ2) is 10.8. The predicted molar refractivity (Wildman–Crippen MR) is 117 cm³/mol. The van der Waals surface area contributed by atoms with E-state index in [9.17, 15) is 0 Å². The summed E-state index contributed by atoms with van der Waals surface area (Å²) in [6.45, 7) is 14.8. The van der Waals surface area contributed by atoms with E-state index in [4.69, 9.17) is 0 Å². The highest BCUT2D eigenvalue weighted by molar-refractivity contribution is 14.1. The Bertz CT molecular complexity index is 361. The fraction of sp³-hybridized carbons (Fsp3) is 1.00. The molecule has 1 unspecified atom stereocenters. The first-order valence-corrected chi connectivity index (χ1v) is 11.4. The minimum atomic E-state index is 0.709. The van der Waals surface area contributed by atoms with Crippen molar-refractivity contribution in [2.45, 2.75) is 71.0 Å². The van der Waals surface area contributed by atoms with Crippen LogP contribution in [0.15, 0.2) is 0 Å². The molecule has 0 bridgehead atoms. The first-order valence-electron chi connectivity index (χ1n) is 10.4. The summed E-state index contributed by atoms with van der Waals surface area (Å²) in [5, 5.41) is 0. The highest BCUT2D eigenvalue weighted by atomic mass is 127. The summed E-state index contributed by atoms with van der Waals surface area (Å²) in [5.41, 5.74) is 0. The molecule has 0 saturated carbocycles. The van der Waals surface area contributed by atoms with Crippen LogP contribution < -0.4 is 0 Å². The number of halogens is 1. The largest absolute Gasteiger partial charge is 0.303 e. The molecule has 5 heteroatoms. The third kappa shape index (κ3) is 7.24. The fourth-order valence-electron chi connectivity index (χ4n) is 4.53. The Morgan fingerprint density at radius 1 is 0.920 bits per heavy atom. The van der Waals surface area contributed by atoms with E-state index in [1.54, 1.807) is 0 Å². The third-order valence-corrected chi connectivity index (χ3v) is 6.93. The molecule has 0 radical (unpaired) electrons. The topological polar surface area (TPSA) is 13.0 Å². The van der Waals surface area contributed by atoms with Crippen LogP contribution in [0.3, 0.4) is 0 Å². The molecule has 2 aliphatic heterocycles. The van der Waals surface area contributed by atoms with E-state index >= 15 is 0 Å². The van der Waals surface area contributed by atoms with Crippen LogP contribution in [-0.4, -0.2) is 89.3 Å². The maximum Gasteiger partial charge on any atom is 0.0198 e. The van der Waals surface area contributed by atoms with Gasteiger partial charge in [0.25, 0.3) is 0 Å². The van der Waals surface area contributed by atoms with Crippen LogP contribution in [0.5, 0.6) is 0 Å². The van der Waals surface area contributed by atoms with Crippen molar-refractivity contribution in [2.75, 3.05) is 53.4 Å². The number of likely N-dealkylation sites (tertiary alicyclic amines) is 2. The van der Waals surface area contributed by atoms with Crippen molar-refractivity contribution in [1.29, 1.82) is 0 Å². The van der Waals surface area contributed by atoms with E-state index in [1.807, 2.05) is 0 Å². The van der Waals surface area contributed by atoms with Crippen LogP contribution in [0.2, 0.25) is 0 Å². The number of rotatable bonds is 8. The van der Waals surface area contributed by atoms with Crippen LogP contribution in [0, 0.1) is 5.92 Å². The third-order valence-electron chi connectivity index (χ3n) is 6.53. The molecule has 0 N–H and O–H groups in total. The SMILES string of the molecule is CC(C)N1CCC(N(C)CCC(C)N2CCC(CN(C)I)CC2)CC1. The van der Waals surface area contributed by atoms with Crippen molar-refractivity contribution in [2.24, 2.45) is 5.92 Å². The number of hydrogen-bond acceptors (Lipinski definition) is 4. The molecule has 2 fully saturated rings. The van der Waals surface area contributed by atoms with Crippen molar-refractivity contribution < 1.29 is 0 Å².